The maximum absolute atomic E-state index is 12.4. The molecule has 2 aromatic carbocycles. The molecule has 0 radical (unpaired) electrons. The molecule has 106 valence electrons. The van der Waals surface area contributed by atoms with Crippen LogP contribution >= 0.6 is 15.9 Å². The van der Waals surface area contributed by atoms with Gasteiger partial charge in [0.25, 0.3) is 10.0 Å². The second-order valence-electron chi connectivity index (χ2n) is 4.83. The zero-order valence-electron chi connectivity index (χ0n) is 11.6. The Balaban J connectivity index is 2.41. The Morgan fingerprint density at radius 3 is 1.95 bits per heavy atom. The first-order valence-corrected chi connectivity index (χ1v) is 8.43. The van der Waals surface area contributed by atoms with E-state index in [1.165, 1.54) is 0 Å². The van der Waals surface area contributed by atoms with Gasteiger partial charge in [-0.3, -0.25) is 4.72 Å². The normalized spacial score (nSPS) is 11.4. The second-order valence-corrected chi connectivity index (χ2v) is 7.43. The number of sulfonamides is 1. The van der Waals surface area contributed by atoms with Crippen LogP contribution in [-0.4, -0.2) is 8.42 Å². The van der Waals surface area contributed by atoms with Crippen molar-refractivity contribution in [3.63, 3.8) is 0 Å². The van der Waals surface area contributed by atoms with Crippen molar-refractivity contribution in [3.05, 3.63) is 57.6 Å². The van der Waals surface area contributed by atoms with Gasteiger partial charge in [0.1, 0.15) is 0 Å². The van der Waals surface area contributed by atoms with E-state index in [0.717, 1.165) is 21.2 Å². The summed E-state index contributed by atoms with van der Waals surface area (Å²) in [5.74, 6) is 0. The minimum absolute atomic E-state index is 0.250. The van der Waals surface area contributed by atoms with E-state index in [4.69, 9.17) is 0 Å². The molecule has 1 N–H and O–H groups in total. The fourth-order valence-corrected chi connectivity index (χ4v) is 3.62. The van der Waals surface area contributed by atoms with Crippen molar-refractivity contribution < 1.29 is 8.42 Å². The highest BCUT2D eigenvalue weighted by molar-refractivity contribution is 9.10. The van der Waals surface area contributed by atoms with E-state index in [0.29, 0.717) is 5.69 Å². The number of halogens is 1. The summed E-state index contributed by atoms with van der Waals surface area (Å²) in [6, 6.07) is 10.5. The lowest BCUT2D eigenvalue weighted by molar-refractivity contribution is 0.601. The summed E-state index contributed by atoms with van der Waals surface area (Å²) in [5, 5.41) is 0. The summed E-state index contributed by atoms with van der Waals surface area (Å²) in [6.07, 6.45) is 0. The molecule has 0 heterocycles. The summed E-state index contributed by atoms with van der Waals surface area (Å²) >= 11 is 3.29. The van der Waals surface area contributed by atoms with Gasteiger partial charge >= 0.3 is 0 Å². The fourth-order valence-electron chi connectivity index (χ4n) is 2.15. The van der Waals surface area contributed by atoms with Crippen LogP contribution < -0.4 is 4.72 Å². The average molecular weight is 354 g/mol. The zero-order valence-corrected chi connectivity index (χ0v) is 14.0. The Bertz CT molecular complexity index is 714. The van der Waals surface area contributed by atoms with E-state index >= 15 is 0 Å². The van der Waals surface area contributed by atoms with Crippen LogP contribution in [0.2, 0.25) is 0 Å². The van der Waals surface area contributed by atoms with Crippen LogP contribution in [0.1, 0.15) is 16.7 Å². The monoisotopic (exact) mass is 353 g/mol. The summed E-state index contributed by atoms with van der Waals surface area (Å²) < 4.78 is 28.3. The van der Waals surface area contributed by atoms with Crippen LogP contribution in [0.5, 0.6) is 0 Å². The van der Waals surface area contributed by atoms with Gasteiger partial charge in [-0.05, 0) is 56.2 Å². The lowest BCUT2D eigenvalue weighted by Gasteiger charge is -2.14. The molecule has 0 aromatic heterocycles. The molecule has 0 aliphatic heterocycles. The van der Waals surface area contributed by atoms with Crippen molar-refractivity contribution in [1.29, 1.82) is 0 Å². The molecule has 20 heavy (non-hydrogen) atoms. The molecule has 0 saturated carbocycles. The molecule has 0 aliphatic rings. The van der Waals surface area contributed by atoms with Crippen LogP contribution in [0.3, 0.4) is 0 Å². The van der Waals surface area contributed by atoms with Gasteiger partial charge < -0.3 is 0 Å². The largest absolute Gasteiger partial charge is 0.279 e. The maximum atomic E-state index is 12.4. The molecule has 0 fully saturated rings. The van der Waals surface area contributed by atoms with Crippen molar-refractivity contribution in [3.8, 4) is 0 Å². The van der Waals surface area contributed by atoms with E-state index in [1.54, 1.807) is 24.3 Å². The third-order valence-electron chi connectivity index (χ3n) is 3.04. The molecule has 2 aromatic rings. The standard InChI is InChI=1S/C15H16BrNO2S/c1-10-8-11(2)15(12(3)9-10)17-20(18,19)14-6-4-13(16)5-7-14/h4-9,17H,1-3H3. The van der Waals surface area contributed by atoms with Gasteiger partial charge in [-0.15, -0.1) is 0 Å². The van der Waals surface area contributed by atoms with Gasteiger partial charge in [-0.25, -0.2) is 8.42 Å². The van der Waals surface area contributed by atoms with Crippen molar-refractivity contribution >= 4 is 31.6 Å². The molecule has 2 rings (SSSR count). The highest BCUT2D eigenvalue weighted by Crippen LogP contribution is 2.25. The Morgan fingerprint density at radius 1 is 0.950 bits per heavy atom. The minimum atomic E-state index is -3.56. The first-order chi connectivity index (χ1) is 9.29. The lowest BCUT2D eigenvalue weighted by Crippen LogP contribution is -2.14. The van der Waals surface area contributed by atoms with Gasteiger partial charge in [0.2, 0.25) is 0 Å². The first-order valence-electron chi connectivity index (χ1n) is 6.16. The van der Waals surface area contributed by atoms with Crippen LogP contribution in [0.4, 0.5) is 5.69 Å². The van der Waals surface area contributed by atoms with Gasteiger partial charge in [-0.2, -0.15) is 0 Å². The summed E-state index contributed by atoms with van der Waals surface area (Å²) in [5.41, 5.74) is 3.61. The molecular weight excluding hydrogens is 338 g/mol. The molecule has 0 spiro atoms. The molecule has 0 aliphatic carbocycles. The second kappa shape index (κ2) is 5.58. The number of benzene rings is 2. The summed E-state index contributed by atoms with van der Waals surface area (Å²) in [6.45, 7) is 5.80. The Kier molecular flexibility index (Phi) is 4.20. The Hall–Kier alpha value is -1.33. The van der Waals surface area contributed by atoms with E-state index in [1.807, 2.05) is 32.9 Å². The van der Waals surface area contributed by atoms with Gasteiger partial charge in [0.05, 0.1) is 10.6 Å². The van der Waals surface area contributed by atoms with Crippen molar-refractivity contribution in [2.45, 2.75) is 25.7 Å². The van der Waals surface area contributed by atoms with E-state index in [2.05, 4.69) is 20.7 Å². The lowest BCUT2D eigenvalue weighted by atomic mass is 10.1. The predicted octanol–water partition coefficient (Wildman–Crippen LogP) is 4.18. The van der Waals surface area contributed by atoms with Gasteiger partial charge in [0, 0.05) is 4.47 Å². The van der Waals surface area contributed by atoms with Gasteiger partial charge in [-0.1, -0.05) is 33.6 Å². The molecule has 5 heteroatoms. The van der Waals surface area contributed by atoms with Gasteiger partial charge in [0.15, 0.2) is 0 Å². The number of aryl methyl sites for hydroxylation is 3. The highest BCUT2D eigenvalue weighted by Gasteiger charge is 2.16. The number of nitrogens with one attached hydrogen (secondary N) is 1. The van der Waals surface area contributed by atoms with Crippen molar-refractivity contribution in [2.75, 3.05) is 4.72 Å². The summed E-state index contributed by atoms with van der Waals surface area (Å²) in [7, 11) is -3.56. The van der Waals surface area contributed by atoms with Crippen LogP contribution in [0.25, 0.3) is 0 Å². The topological polar surface area (TPSA) is 46.2 Å². The van der Waals surface area contributed by atoms with E-state index in [9.17, 15) is 8.42 Å². The molecule has 0 saturated heterocycles. The number of anilines is 1. The van der Waals surface area contributed by atoms with Crippen molar-refractivity contribution in [2.24, 2.45) is 0 Å². The van der Waals surface area contributed by atoms with Crippen molar-refractivity contribution in [1.82, 2.24) is 0 Å². The molecule has 3 nitrogen and oxygen atoms in total. The van der Waals surface area contributed by atoms with Crippen LogP contribution in [0.15, 0.2) is 45.8 Å². The first kappa shape index (κ1) is 15.1. The molecule has 0 unspecified atom stereocenters. The third-order valence-corrected chi connectivity index (χ3v) is 4.93. The predicted molar refractivity (Wildman–Crippen MR) is 85.6 cm³/mol. The number of hydrogen-bond donors (Lipinski definition) is 1. The van der Waals surface area contributed by atoms with Crippen LogP contribution in [0, 0.1) is 20.8 Å². The number of rotatable bonds is 3. The summed E-state index contributed by atoms with van der Waals surface area (Å²) in [4.78, 5) is 0.250. The smallest absolute Gasteiger partial charge is 0.261 e. The third kappa shape index (κ3) is 3.22. The quantitative estimate of drug-likeness (QED) is 0.899. The SMILES string of the molecule is Cc1cc(C)c(NS(=O)(=O)c2ccc(Br)cc2)c(C)c1. The maximum Gasteiger partial charge on any atom is 0.261 e. The molecule has 0 amide bonds. The van der Waals surface area contributed by atoms with E-state index < -0.39 is 10.0 Å². The average Bonchev–Trinajstić information content (AvgIpc) is 2.34. The van der Waals surface area contributed by atoms with E-state index in [-0.39, 0.29) is 4.90 Å². The number of hydrogen-bond acceptors (Lipinski definition) is 2. The Labute approximate surface area is 128 Å². The molecule has 0 bridgehead atoms. The molecule has 0 atom stereocenters. The highest BCUT2D eigenvalue weighted by atomic mass is 79.9. The fraction of sp³-hybridized carbons (Fsp3) is 0.200. The Morgan fingerprint density at radius 2 is 1.45 bits per heavy atom. The zero-order chi connectivity index (χ0) is 14.9. The minimum Gasteiger partial charge on any atom is -0.279 e. The molecular formula is C15H16BrNO2S. The van der Waals surface area contributed by atoms with Crippen LogP contribution in [-0.2, 0) is 10.0 Å².